The number of nitrogens with zero attached hydrogens (tertiary/aromatic N) is 2. The third kappa shape index (κ3) is 3.20. The number of hydrogen-bond acceptors (Lipinski definition) is 3. The molecule has 2 aliphatic heterocycles. The number of amides is 4. The highest BCUT2D eigenvalue weighted by atomic mass is 16.4. The molecule has 0 saturated carbocycles. The molecule has 0 radical (unpaired) electrons. The van der Waals surface area contributed by atoms with Gasteiger partial charge in [0, 0.05) is 26.2 Å². The van der Waals surface area contributed by atoms with Gasteiger partial charge in [0.15, 0.2) is 0 Å². The lowest BCUT2D eigenvalue weighted by Gasteiger charge is -2.38. The maximum Gasteiger partial charge on any atom is 0.326 e. The van der Waals surface area contributed by atoms with E-state index < -0.39 is 23.5 Å². The van der Waals surface area contributed by atoms with Crippen molar-refractivity contribution in [2.75, 3.05) is 26.2 Å². The average molecular weight is 298 g/mol. The Morgan fingerprint density at radius 2 is 2.05 bits per heavy atom. The fraction of sp³-hybridized carbons (Fsp3) is 0.769. The lowest BCUT2D eigenvalue weighted by atomic mass is 9.87. The summed E-state index contributed by atoms with van der Waals surface area (Å²) in [6.07, 6.45) is 0. The molecule has 1 unspecified atom stereocenters. The number of fused-ring (bicyclic) bond motifs is 1. The quantitative estimate of drug-likeness (QED) is 0.662. The van der Waals surface area contributed by atoms with Crippen LogP contribution < -0.4 is 10.6 Å². The van der Waals surface area contributed by atoms with Crippen molar-refractivity contribution in [2.45, 2.75) is 32.9 Å². The minimum absolute atomic E-state index is 0.0325. The summed E-state index contributed by atoms with van der Waals surface area (Å²) in [5, 5.41) is 14.6. The summed E-state index contributed by atoms with van der Waals surface area (Å²) in [5.41, 5.74) is -0.575. The van der Waals surface area contributed by atoms with Crippen LogP contribution in [0.25, 0.3) is 0 Å². The minimum atomic E-state index is -1.05. The van der Waals surface area contributed by atoms with Gasteiger partial charge in [0.1, 0.15) is 6.04 Å². The standard InChI is InChI=1S/C13H22N4O4/c1-13(2,3)9(10(18)19)15-12(21)16-4-5-17-8(7-16)6-14-11(17)20/h8-9H,4-7H2,1-3H3,(H,14,20)(H,15,21)(H,18,19)/t8?,9-/m1/s1. The zero-order chi connectivity index (χ0) is 15.8. The number of urea groups is 2. The van der Waals surface area contributed by atoms with Gasteiger partial charge in [-0.15, -0.1) is 0 Å². The van der Waals surface area contributed by atoms with Crippen LogP contribution in [0.2, 0.25) is 0 Å². The van der Waals surface area contributed by atoms with E-state index in [9.17, 15) is 19.5 Å². The largest absolute Gasteiger partial charge is 0.480 e. The highest BCUT2D eigenvalue weighted by molar-refractivity contribution is 5.83. The van der Waals surface area contributed by atoms with Crippen LogP contribution >= 0.6 is 0 Å². The molecule has 21 heavy (non-hydrogen) atoms. The first-order chi connectivity index (χ1) is 9.70. The molecule has 2 aliphatic rings. The number of carbonyl (C=O) groups excluding carboxylic acids is 2. The van der Waals surface area contributed by atoms with E-state index >= 15 is 0 Å². The summed E-state index contributed by atoms with van der Waals surface area (Å²) < 4.78 is 0. The Kier molecular flexibility index (Phi) is 3.97. The molecule has 2 fully saturated rings. The van der Waals surface area contributed by atoms with Gasteiger partial charge in [0.25, 0.3) is 0 Å². The van der Waals surface area contributed by atoms with E-state index in [1.54, 1.807) is 30.6 Å². The maximum atomic E-state index is 12.3. The number of hydrogen-bond donors (Lipinski definition) is 3. The smallest absolute Gasteiger partial charge is 0.326 e. The van der Waals surface area contributed by atoms with Crippen molar-refractivity contribution in [3.8, 4) is 0 Å². The van der Waals surface area contributed by atoms with Crippen LogP contribution in [-0.2, 0) is 4.79 Å². The molecule has 8 nitrogen and oxygen atoms in total. The third-order valence-corrected chi connectivity index (χ3v) is 3.90. The van der Waals surface area contributed by atoms with Crippen molar-refractivity contribution in [1.29, 1.82) is 0 Å². The van der Waals surface area contributed by atoms with Crippen molar-refractivity contribution in [3.05, 3.63) is 0 Å². The highest BCUT2D eigenvalue weighted by Gasteiger charge is 2.39. The first-order valence-electron chi connectivity index (χ1n) is 7.03. The average Bonchev–Trinajstić information content (AvgIpc) is 2.75. The first-order valence-corrected chi connectivity index (χ1v) is 7.03. The van der Waals surface area contributed by atoms with Crippen LogP contribution in [0.15, 0.2) is 0 Å². The van der Waals surface area contributed by atoms with Gasteiger partial charge in [-0.3, -0.25) is 0 Å². The molecule has 0 aromatic rings. The van der Waals surface area contributed by atoms with Gasteiger partial charge in [-0.25, -0.2) is 14.4 Å². The van der Waals surface area contributed by atoms with Crippen molar-refractivity contribution in [2.24, 2.45) is 5.41 Å². The second kappa shape index (κ2) is 5.42. The van der Waals surface area contributed by atoms with Gasteiger partial charge < -0.3 is 25.5 Å². The van der Waals surface area contributed by atoms with E-state index in [0.717, 1.165) is 0 Å². The monoisotopic (exact) mass is 298 g/mol. The van der Waals surface area contributed by atoms with Gasteiger partial charge in [0.05, 0.1) is 6.04 Å². The molecule has 8 heteroatoms. The second-order valence-electron chi connectivity index (χ2n) is 6.57. The number of aliphatic carboxylic acids is 1. The fourth-order valence-electron chi connectivity index (χ4n) is 2.65. The van der Waals surface area contributed by atoms with Crippen LogP contribution in [0, 0.1) is 5.41 Å². The molecule has 118 valence electrons. The van der Waals surface area contributed by atoms with E-state index in [-0.39, 0.29) is 12.1 Å². The Labute approximate surface area is 123 Å². The summed E-state index contributed by atoms with van der Waals surface area (Å²) in [7, 11) is 0. The van der Waals surface area contributed by atoms with E-state index in [0.29, 0.717) is 26.2 Å². The number of carboxylic acid groups (broad SMARTS) is 1. The molecular weight excluding hydrogens is 276 g/mol. The van der Waals surface area contributed by atoms with Crippen molar-refractivity contribution in [1.82, 2.24) is 20.4 Å². The molecule has 0 aromatic heterocycles. The van der Waals surface area contributed by atoms with Gasteiger partial charge in [-0.2, -0.15) is 0 Å². The molecule has 0 spiro atoms. The molecule has 2 atom stereocenters. The predicted molar refractivity (Wildman–Crippen MR) is 74.9 cm³/mol. The second-order valence-corrected chi connectivity index (χ2v) is 6.57. The Morgan fingerprint density at radius 3 is 2.62 bits per heavy atom. The Hall–Kier alpha value is -1.99. The van der Waals surface area contributed by atoms with E-state index in [1.165, 1.54) is 0 Å². The van der Waals surface area contributed by atoms with Crippen LogP contribution in [0.3, 0.4) is 0 Å². The molecule has 4 amide bonds. The molecule has 0 bridgehead atoms. The van der Waals surface area contributed by atoms with Crippen LogP contribution in [-0.4, -0.2) is 71.2 Å². The molecule has 0 aliphatic carbocycles. The van der Waals surface area contributed by atoms with Crippen molar-refractivity contribution >= 4 is 18.0 Å². The topological polar surface area (TPSA) is 102 Å². The Morgan fingerprint density at radius 1 is 1.38 bits per heavy atom. The van der Waals surface area contributed by atoms with E-state index in [2.05, 4.69) is 10.6 Å². The van der Waals surface area contributed by atoms with Crippen molar-refractivity contribution in [3.63, 3.8) is 0 Å². The minimum Gasteiger partial charge on any atom is -0.480 e. The van der Waals surface area contributed by atoms with E-state index in [1.807, 2.05) is 0 Å². The van der Waals surface area contributed by atoms with Crippen LogP contribution in [0.1, 0.15) is 20.8 Å². The van der Waals surface area contributed by atoms with Crippen LogP contribution in [0.4, 0.5) is 9.59 Å². The number of carboxylic acids is 1. The molecule has 2 saturated heterocycles. The number of nitrogens with one attached hydrogen (secondary N) is 2. The highest BCUT2D eigenvalue weighted by Crippen LogP contribution is 2.20. The lowest BCUT2D eigenvalue weighted by Crippen LogP contribution is -2.59. The van der Waals surface area contributed by atoms with Gasteiger partial charge >= 0.3 is 18.0 Å². The molecule has 2 heterocycles. The Bertz CT molecular complexity index is 460. The number of rotatable bonds is 2. The zero-order valence-electron chi connectivity index (χ0n) is 12.5. The SMILES string of the molecule is CC(C)(C)[C@H](NC(=O)N1CCN2C(=O)NCC2C1)C(=O)O. The molecule has 3 N–H and O–H groups in total. The van der Waals surface area contributed by atoms with Crippen molar-refractivity contribution < 1.29 is 19.5 Å². The summed E-state index contributed by atoms with van der Waals surface area (Å²) in [5.74, 6) is -1.05. The van der Waals surface area contributed by atoms with Gasteiger partial charge in [0.2, 0.25) is 0 Å². The summed E-state index contributed by atoms with van der Waals surface area (Å²) in [4.78, 5) is 38.3. The molecule has 2 rings (SSSR count). The summed E-state index contributed by atoms with van der Waals surface area (Å²) >= 11 is 0. The molecular formula is C13H22N4O4. The lowest BCUT2D eigenvalue weighted by molar-refractivity contribution is -0.142. The van der Waals surface area contributed by atoms with Crippen LogP contribution in [0.5, 0.6) is 0 Å². The Balaban J connectivity index is 1.98. The first kappa shape index (κ1) is 15.4. The summed E-state index contributed by atoms with van der Waals surface area (Å²) in [6, 6.07) is -1.48. The maximum absolute atomic E-state index is 12.3. The van der Waals surface area contributed by atoms with Gasteiger partial charge in [-0.1, -0.05) is 20.8 Å². The summed E-state index contributed by atoms with van der Waals surface area (Å²) in [6.45, 7) is 7.12. The normalized spacial score (nSPS) is 23.4. The van der Waals surface area contributed by atoms with Gasteiger partial charge in [-0.05, 0) is 5.41 Å². The molecule has 0 aromatic carbocycles. The fourth-order valence-corrected chi connectivity index (χ4v) is 2.65. The van der Waals surface area contributed by atoms with E-state index in [4.69, 9.17) is 0 Å². The predicted octanol–water partition coefficient (Wildman–Crippen LogP) is -0.0953. The third-order valence-electron chi connectivity index (χ3n) is 3.90. The zero-order valence-corrected chi connectivity index (χ0v) is 12.5. The number of piperazine rings is 1. The number of carbonyl (C=O) groups is 3.